The predicted molar refractivity (Wildman–Crippen MR) is 168 cm³/mol. The van der Waals surface area contributed by atoms with Gasteiger partial charge >= 0.3 is 0 Å². The van der Waals surface area contributed by atoms with Gasteiger partial charge in [-0.25, -0.2) is 15.0 Å². The number of benzene rings is 6. The Morgan fingerprint density at radius 1 is 0.439 bits per heavy atom. The molecule has 4 heteroatoms. The fourth-order valence-corrected chi connectivity index (χ4v) is 5.76. The maximum Gasteiger partial charge on any atom is 0.159 e. The fraction of sp³-hybridized carbons (Fsp3) is 0.0270. The fourth-order valence-electron chi connectivity index (χ4n) is 5.76. The van der Waals surface area contributed by atoms with Gasteiger partial charge in [0.25, 0.3) is 0 Å². The minimum atomic E-state index is 0.737. The monoisotopic (exact) mass is 524 g/mol. The Bertz CT molecular complexity index is 2090. The minimum absolute atomic E-state index is 0.737. The van der Waals surface area contributed by atoms with Crippen molar-refractivity contribution in [3.05, 3.63) is 145 Å². The van der Waals surface area contributed by atoms with Crippen molar-refractivity contribution in [2.45, 2.75) is 6.42 Å². The topological polar surface area (TPSA) is 51.6 Å². The van der Waals surface area contributed by atoms with Gasteiger partial charge in [0.05, 0.1) is 28.4 Å². The molecule has 6 aromatic carbocycles. The van der Waals surface area contributed by atoms with E-state index in [1.807, 2.05) is 60.9 Å². The van der Waals surface area contributed by atoms with E-state index in [1.54, 1.807) is 0 Å². The maximum absolute atomic E-state index is 4.95. The molecule has 2 aromatic heterocycles. The van der Waals surface area contributed by atoms with Crippen LogP contribution in [0.5, 0.6) is 0 Å². The summed E-state index contributed by atoms with van der Waals surface area (Å²) < 4.78 is 0. The Labute approximate surface area is 237 Å². The average Bonchev–Trinajstić information content (AvgIpc) is 3.04. The largest absolute Gasteiger partial charge is 0.252 e. The zero-order chi connectivity index (χ0) is 27.2. The van der Waals surface area contributed by atoms with Crippen LogP contribution < -0.4 is 0 Å². The highest BCUT2D eigenvalue weighted by Gasteiger charge is 2.13. The predicted octanol–water partition coefficient (Wildman–Crippen LogP) is 8.80. The Morgan fingerprint density at radius 2 is 1.02 bits per heavy atom. The van der Waals surface area contributed by atoms with Gasteiger partial charge in [-0.05, 0) is 81.6 Å². The number of para-hydroxylation sites is 3. The van der Waals surface area contributed by atoms with Crippen LogP contribution in [0.2, 0.25) is 0 Å². The van der Waals surface area contributed by atoms with Gasteiger partial charge in [0.15, 0.2) is 5.82 Å². The third-order valence-corrected chi connectivity index (χ3v) is 7.77. The van der Waals surface area contributed by atoms with E-state index in [-0.39, 0.29) is 0 Å². The van der Waals surface area contributed by atoms with Crippen LogP contribution in [0.25, 0.3) is 66.1 Å². The van der Waals surface area contributed by atoms with Gasteiger partial charge in [0.2, 0.25) is 0 Å². The van der Waals surface area contributed by atoms with E-state index in [0.29, 0.717) is 0 Å². The molecule has 0 aliphatic heterocycles. The van der Waals surface area contributed by atoms with Gasteiger partial charge in [0.1, 0.15) is 0 Å². The molecule has 0 saturated heterocycles. The first-order valence-electron chi connectivity index (χ1n) is 13.8. The van der Waals surface area contributed by atoms with Crippen LogP contribution in [0.15, 0.2) is 134 Å². The van der Waals surface area contributed by atoms with E-state index in [1.165, 1.54) is 32.7 Å². The molecular weight excluding hydrogens is 500 g/mol. The van der Waals surface area contributed by atoms with Crippen molar-refractivity contribution in [1.82, 2.24) is 19.9 Å². The highest BCUT2D eigenvalue weighted by atomic mass is 14.9. The molecular formula is C37H24N4. The number of hydrogen-bond donors (Lipinski definition) is 0. The molecule has 0 atom stereocenters. The van der Waals surface area contributed by atoms with Crippen molar-refractivity contribution in [1.29, 1.82) is 0 Å². The van der Waals surface area contributed by atoms with Crippen molar-refractivity contribution < 1.29 is 0 Å². The van der Waals surface area contributed by atoms with Crippen LogP contribution in [-0.4, -0.2) is 19.9 Å². The van der Waals surface area contributed by atoms with Crippen LogP contribution in [0.3, 0.4) is 0 Å². The Hall–Kier alpha value is -5.48. The molecule has 0 fully saturated rings. The number of hydrogen-bond acceptors (Lipinski definition) is 4. The van der Waals surface area contributed by atoms with Crippen LogP contribution in [0.4, 0.5) is 0 Å². The molecule has 0 bridgehead atoms. The standard InChI is InChI=1S/C37H24N4/c1-4-12-31-24(9-1)17-29(36-23-38-34-15-7-8-16-35(34)40-36)20-27(31)19-28-21-30(18-25-10-2-5-13-32(25)28)37-39-22-26-11-3-6-14-33(26)41-37/h1-18,20-23H,19H2. The molecule has 4 nitrogen and oxygen atoms in total. The normalized spacial score (nSPS) is 11.5. The number of nitrogens with zero attached hydrogens (tertiary/aromatic N) is 4. The highest BCUT2D eigenvalue weighted by Crippen LogP contribution is 2.33. The number of aromatic nitrogens is 4. The molecule has 0 aliphatic rings. The van der Waals surface area contributed by atoms with Crippen molar-refractivity contribution in [2.24, 2.45) is 0 Å². The first-order chi connectivity index (χ1) is 20.3. The van der Waals surface area contributed by atoms with Crippen molar-refractivity contribution in [3.63, 3.8) is 0 Å². The third-order valence-electron chi connectivity index (χ3n) is 7.77. The Kier molecular flexibility index (Phi) is 5.49. The van der Waals surface area contributed by atoms with Crippen molar-refractivity contribution in [3.8, 4) is 22.6 Å². The van der Waals surface area contributed by atoms with Crippen molar-refractivity contribution >= 4 is 43.5 Å². The van der Waals surface area contributed by atoms with Crippen LogP contribution in [0.1, 0.15) is 11.1 Å². The summed E-state index contributed by atoms with van der Waals surface area (Å²) in [5, 5.41) is 5.88. The molecule has 0 N–H and O–H groups in total. The third kappa shape index (κ3) is 4.26. The Morgan fingerprint density at radius 3 is 1.78 bits per heavy atom. The summed E-state index contributed by atoms with van der Waals surface area (Å²) in [6.07, 6.45) is 4.55. The lowest BCUT2D eigenvalue weighted by Crippen LogP contribution is -1.97. The van der Waals surface area contributed by atoms with Crippen molar-refractivity contribution in [2.75, 3.05) is 0 Å². The second kappa shape index (κ2) is 9.61. The van der Waals surface area contributed by atoms with Crippen LogP contribution >= 0.6 is 0 Å². The Balaban J connectivity index is 1.29. The van der Waals surface area contributed by atoms with Crippen LogP contribution in [0, 0.1) is 0 Å². The van der Waals surface area contributed by atoms with Gasteiger partial charge in [0, 0.05) is 22.7 Å². The average molecular weight is 525 g/mol. The molecule has 8 aromatic rings. The van der Waals surface area contributed by atoms with Crippen LogP contribution in [-0.2, 0) is 6.42 Å². The first-order valence-corrected chi connectivity index (χ1v) is 13.8. The summed E-state index contributed by atoms with van der Waals surface area (Å²) in [4.78, 5) is 19.3. The van der Waals surface area contributed by atoms with E-state index < -0.39 is 0 Å². The van der Waals surface area contributed by atoms with E-state index in [9.17, 15) is 0 Å². The van der Waals surface area contributed by atoms with E-state index >= 15 is 0 Å². The summed E-state index contributed by atoms with van der Waals surface area (Å²) in [5.41, 5.74) is 8.18. The number of fused-ring (bicyclic) bond motifs is 4. The summed E-state index contributed by atoms with van der Waals surface area (Å²) in [5.74, 6) is 0.737. The minimum Gasteiger partial charge on any atom is -0.252 e. The van der Waals surface area contributed by atoms with Gasteiger partial charge in [-0.3, -0.25) is 4.98 Å². The lowest BCUT2D eigenvalue weighted by molar-refractivity contribution is 1.20. The van der Waals surface area contributed by atoms with Gasteiger partial charge in [-0.2, -0.15) is 0 Å². The summed E-state index contributed by atoms with van der Waals surface area (Å²) in [6.45, 7) is 0. The zero-order valence-corrected chi connectivity index (χ0v) is 22.2. The van der Waals surface area contributed by atoms with E-state index in [0.717, 1.165) is 51.0 Å². The smallest absolute Gasteiger partial charge is 0.159 e. The molecule has 0 spiro atoms. The first kappa shape index (κ1) is 23.4. The molecule has 0 amide bonds. The molecule has 192 valence electrons. The molecule has 0 unspecified atom stereocenters. The summed E-state index contributed by atoms with van der Waals surface area (Å²) in [7, 11) is 0. The summed E-state index contributed by atoms with van der Waals surface area (Å²) in [6, 6.07) is 42.2. The lowest BCUT2D eigenvalue weighted by atomic mass is 9.91. The molecule has 0 saturated carbocycles. The molecule has 0 radical (unpaired) electrons. The molecule has 0 aliphatic carbocycles. The van der Waals surface area contributed by atoms with E-state index in [4.69, 9.17) is 15.0 Å². The highest BCUT2D eigenvalue weighted by molar-refractivity contribution is 5.94. The maximum atomic E-state index is 4.95. The zero-order valence-electron chi connectivity index (χ0n) is 22.2. The molecule has 2 heterocycles. The molecule has 8 rings (SSSR count). The number of rotatable bonds is 4. The van der Waals surface area contributed by atoms with Gasteiger partial charge in [-0.15, -0.1) is 0 Å². The molecule has 41 heavy (non-hydrogen) atoms. The van der Waals surface area contributed by atoms with E-state index in [2.05, 4.69) is 77.8 Å². The SMILES string of the molecule is c1ccc2nc(-c3cc(Cc4cc(-c5cnc6ccccc6n5)cc5ccccc45)c4ccccc4c3)ncc2c1. The second-order valence-electron chi connectivity index (χ2n) is 10.4. The van der Waals surface area contributed by atoms with Gasteiger partial charge in [-0.1, -0.05) is 78.9 Å². The quantitative estimate of drug-likeness (QED) is 0.231. The van der Waals surface area contributed by atoms with Gasteiger partial charge < -0.3 is 0 Å². The summed E-state index contributed by atoms with van der Waals surface area (Å²) >= 11 is 0. The second-order valence-corrected chi connectivity index (χ2v) is 10.4. The lowest BCUT2D eigenvalue weighted by Gasteiger charge is -2.14.